The number of aryl methyl sites for hydroxylation is 2. The Balaban J connectivity index is 2.59. The highest BCUT2D eigenvalue weighted by Crippen LogP contribution is 2.22. The number of ketones is 1. The molecule has 0 spiro atoms. The predicted molar refractivity (Wildman–Crippen MR) is 59.9 cm³/mol. The molecular formula is C13H15F3O. The minimum absolute atomic E-state index is 0.0869. The minimum atomic E-state index is -4.25. The van der Waals surface area contributed by atoms with Gasteiger partial charge in [-0.15, -0.1) is 0 Å². The summed E-state index contributed by atoms with van der Waals surface area (Å²) in [6.07, 6.45) is -5.63. The van der Waals surface area contributed by atoms with Crippen molar-refractivity contribution in [3.8, 4) is 0 Å². The molecule has 17 heavy (non-hydrogen) atoms. The van der Waals surface area contributed by atoms with Crippen LogP contribution in [0.15, 0.2) is 18.2 Å². The highest BCUT2D eigenvalue weighted by Gasteiger charge is 2.27. The normalized spacial score (nSPS) is 11.6. The number of hydrogen-bond donors (Lipinski definition) is 0. The standard InChI is InChI=1S/C13H15F3O/c1-9-3-4-10(2)11(7-9)8-12(17)5-6-13(14,15)16/h3-4,7H,5-6,8H2,1-2H3. The second-order valence-corrected chi connectivity index (χ2v) is 4.26. The van der Waals surface area contributed by atoms with E-state index in [1.54, 1.807) is 0 Å². The molecule has 0 heterocycles. The molecule has 0 aromatic heterocycles. The van der Waals surface area contributed by atoms with Crippen molar-refractivity contribution in [2.45, 2.75) is 39.3 Å². The number of carbonyl (C=O) groups excluding carboxylic acids is 1. The van der Waals surface area contributed by atoms with Gasteiger partial charge in [-0.25, -0.2) is 0 Å². The topological polar surface area (TPSA) is 17.1 Å². The molecule has 1 nitrogen and oxygen atoms in total. The first kappa shape index (κ1) is 13.7. The van der Waals surface area contributed by atoms with E-state index in [1.165, 1.54) is 0 Å². The average molecular weight is 244 g/mol. The van der Waals surface area contributed by atoms with Crippen LogP contribution in [0.1, 0.15) is 29.5 Å². The molecule has 0 radical (unpaired) electrons. The zero-order valence-corrected chi connectivity index (χ0v) is 9.90. The monoisotopic (exact) mass is 244 g/mol. The van der Waals surface area contributed by atoms with Crippen molar-refractivity contribution in [2.24, 2.45) is 0 Å². The first-order valence-corrected chi connectivity index (χ1v) is 5.42. The zero-order chi connectivity index (χ0) is 13.1. The van der Waals surface area contributed by atoms with Gasteiger partial charge in [0.1, 0.15) is 5.78 Å². The van der Waals surface area contributed by atoms with E-state index in [2.05, 4.69) is 0 Å². The SMILES string of the molecule is Cc1ccc(C)c(CC(=O)CCC(F)(F)F)c1. The van der Waals surface area contributed by atoms with Crippen molar-refractivity contribution >= 4 is 5.78 Å². The van der Waals surface area contributed by atoms with Gasteiger partial charge in [0.2, 0.25) is 0 Å². The quantitative estimate of drug-likeness (QED) is 0.788. The number of halogens is 3. The molecule has 1 rings (SSSR count). The Morgan fingerprint density at radius 3 is 2.47 bits per heavy atom. The summed E-state index contributed by atoms with van der Waals surface area (Å²) in [5, 5.41) is 0. The summed E-state index contributed by atoms with van der Waals surface area (Å²) < 4.78 is 35.8. The van der Waals surface area contributed by atoms with E-state index in [9.17, 15) is 18.0 Å². The largest absolute Gasteiger partial charge is 0.389 e. The van der Waals surface area contributed by atoms with E-state index in [0.717, 1.165) is 16.7 Å². The molecule has 0 aliphatic carbocycles. The molecule has 0 atom stereocenters. The number of benzene rings is 1. The average Bonchev–Trinajstić information content (AvgIpc) is 2.20. The summed E-state index contributed by atoms with van der Waals surface area (Å²) in [6, 6.07) is 5.64. The van der Waals surface area contributed by atoms with Crippen LogP contribution in [0.25, 0.3) is 0 Å². The molecule has 0 aliphatic rings. The smallest absolute Gasteiger partial charge is 0.299 e. The highest BCUT2D eigenvalue weighted by atomic mass is 19.4. The van der Waals surface area contributed by atoms with Gasteiger partial charge in [-0.05, 0) is 25.0 Å². The third-order valence-corrected chi connectivity index (χ3v) is 2.58. The summed E-state index contributed by atoms with van der Waals surface area (Å²) in [6.45, 7) is 3.74. The Morgan fingerprint density at radius 2 is 1.88 bits per heavy atom. The Hall–Kier alpha value is -1.32. The fourth-order valence-corrected chi connectivity index (χ4v) is 1.57. The maximum atomic E-state index is 11.9. The van der Waals surface area contributed by atoms with Crippen molar-refractivity contribution in [1.82, 2.24) is 0 Å². The highest BCUT2D eigenvalue weighted by molar-refractivity contribution is 5.81. The van der Waals surface area contributed by atoms with Crippen molar-refractivity contribution in [2.75, 3.05) is 0 Å². The molecule has 0 bridgehead atoms. The fourth-order valence-electron chi connectivity index (χ4n) is 1.57. The van der Waals surface area contributed by atoms with Gasteiger partial charge in [-0.3, -0.25) is 4.79 Å². The molecule has 0 N–H and O–H groups in total. The molecule has 0 aliphatic heterocycles. The molecule has 94 valence electrons. The van der Waals surface area contributed by atoms with E-state index in [1.807, 2.05) is 32.0 Å². The summed E-state index contributed by atoms with van der Waals surface area (Å²) in [5.41, 5.74) is 2.77. The second-order valence-electron chi connectivity index (χ2n) is 4.26. The van der Waals surface area contributed by atoms with E-state index < -0.39 is 19.0 Å². The lowest BCUT2D eigenvalue weighted by molar-refractivity contribution is -0.143. The molecule has 0 fully saturated rings. The van der Waals surface area contributed by atoms with Crippen LogP contribution in [-0.2, 0) is 11.2 Å². The first-order valence-electron chi connectivity index (χ1n) is 5.42. The van der Waals surface area contributed by atoms with Crippen LogP contribution in [0, 0.1) is 13.8 Å². The van der Waals surface area contributed by atoms with E-state index in [-0.39, 0.29) is 12.2 Å². The second kappa shape index (κ2) is 5.34. The first-order chi connectivity index (χ1) is 7.78. The molecule has 0 saturated heterocycles. The van der Waals surface area contributed by atoms with Crippen LogP contribution < -0.4 is 0 Å². The lowest BCUT2D eigenvalue weighted by Gasteiger charge is -2.08. The van der Waals surface area contributed by atoms with Crippen molar-refractivity contribution in [3.63, 3.8) is 0 Å². The Labute approximate surface area is 98.6 Å². The lowest BCUT2D eigenvalue weighted by atomic mass is 9.99. The summed E-state index contributed by atoms with van der Waals surface area (Å²) >= 11 is 0. The third kappa shape index (κ3) is 5.02. The Kier molecular flexibility index (Phi) is 4.32. The van der Waals surface area contributed by atoms with Crippen molar-refractivity contribution < 1.29 is 18.0 Å². The van der Waals surface area contributed by atoms with Crippen molar-refractivity contribution in [3.05, 3.63) is 34.9 Å². The lowest BCUT2D eigenvalue weighted by Crippen LogP contribution is -2.12. The molecule has 0 unspecified atom stereocenters. The van der Waals surface area contributed by atoms with Crippen LogP contribution >= 0.6 is 0 Å². The fraction of sp³-hybridized carbons (Fsp3) is 0.462. The van der Waals surface area contributed by atoms with E-state index in [4.69, 9.17) is 0 Å². The van der Waals surface area contributed by atoms with Gasteiger partial charge in [0, 0.05) is 12.8 Å². The molecular weight excluding hydrogens is 229 g/mol. The molecule has 0 saturated carbocycles. The minimum Gasteiger partial charge on any atom is -0.299 e. The van der Waals surface area contributed by atoms with Crippen LogP contribution in [0.2, 0.25) is 0 Å². The molecule has 4 heteroatoms. The summed E-state index contributed by atoms with van der Waals surface area (Å²) in [5.74, 6) is -0.365. The van der Waals surface area contributed by atoms with Gasteiger partial charge in [-0.2, -0.15) is 13.2 Å². The Morgan fingerprint density at radius 1 is 1.24 bits per heavy atom. The zero-order valence-electron chi connectivity index (χ0n) is 9.90. The third-order valence-electron chi connectivity index (χ3n) is 2.58. The molecule has 1 aromatic carbocycles. The van der Waals surface area contributed by atoms with Gasteiger partial charge < -0.3 is 0 Å². The van der Waals surface area contributed by atoms with Crippen LogP contribution in [0.4, 0.5) is 13.2 Å². The molecule has 0 amide bonds. The van der Waals surface area contributed by atoms with Gasteiger partial charge in [0.15, 0.2) is 0 Å². The van der Waals surface area contributed by atoms with Gasteiger partial charge in [0.25, 0.3) is 0 Å². The van der Waals surface area contributed by atoms with Gasteiger partial charge in [-0.1, -0.05) is 23.8 Å². The van der Waals surface area contributed by atoms with Gasteiger partial charge in [0.05, 0.1) is 6.42 Å². The summed E-state index contributed by atoms with van der Waals surface area (Å²) in [4.78, 5) is 11.4. The number of carbonyl (C=O) groups is 1. The van der Waals surface area contributed by atoms with Crippen LogP contribution in [0.5, 0.6) is 0 Å². The van der Waals surface area contributed by atoms with Crippen LogP contribution in [0.3, 0.4) is 0 Å². The maximum absolute atomic E-state index is 11.9. The van der Waals surface area contributed by atoms with Crippen molar-refractivity contribution in [1.29, 1.82) is 0 Å². The van der Waals surface area contributed by atoms with E-state index in [0.29, 0.717) is 0 Å². The maximum Gasteiger partial charge on any atom is 0.389 e. The van der Waals surface area contributed by atoms with Crippen LogP contribution in [-0.4, -0.2) is 12.0 Å². The molecule has 1 aromatic rings. The number of rotatable bonds is 4. The summed E-state index contributed by atoms with van der Waals surface area (Å²) in [7, 11) is 0. The number of alkyl halides is 3. The number of Topliss-reactive ketones (excluding diaryl/α,β-unsaturated/α-hetero) is 1. The van der Waals surface area contributed by atoms with Gasteiger partial charge >= 0.3 is 6.18 Å². The Bertz CT molecular complexity index is 408. The number of hydrogen-bond acceptors (Lipinski definition) is 1. The van der Waals surface area contributed by atoms with E-state index >= 15 is 0 Å². The predicted octanol–water partition coefficient (Wildman–Crippen LogP) is 3.76.